The second-order valence-electron chi connectivity index (χ2n) is 8.19. The van der Waals surface area contributed by atoms with Crippen molar-refractivity contribution in [3.8, 4) is 5.69 Å². The van der Waals surface area contributed by atoms with Crippen molar-refractivity contribution in [1.82, 2.24) is 19.9 Å². The number of likely N-dealkylation sites (tertiary alicyclic amines) is 1. The van der Waals surface area contributed by atoms with Crippen molar-refractivity contribution in [3.63, 3.8) is 0 Å². The number of aromatic nitrogens is 3. The van der Waals surface area contributed by atoms with E-state index in [4.69, 9.17) is 14.2 Å². The molecule has 1 aromatic heterocycles. The predicted molar refractivity (Wildman–Crippen MR) is 125 cm³/mol. The average Bonchev–Trinajstić information content (AvgIpc) is 3.42. The minimum absolute atomic E-state index is 0.104. The van der Waals surface area contributed by atoms with E-state index < -0.39 is 41.2 Å². The maximum atomic E-state index is 13.2. The lowest BCUT2D eigenvalue weighted by Crippen LogP contribution is -2.41. The van der Waals surface area contributed by atoms with Crippen molar-refractivity contribution in [3.05, 3.63) is 82.2 Å². The third-order valence-electron chi connectivity index (χ3n) is 5.45. The third kappa shape index (κ3) is 5.95. The molecular weight excluding hydrogens is 486 g/mol. The smallest absolute Gasteiger partial charge is 0.303 e. The number of carbonyl (C=O) groups excluding carboxylic acids is 3. The van der Waals surface area contributed by atoms with Crippen molar-refractivity contribution in [2.24, 2.45) is 0 Å². The van der Waals surface area contributed by atoms with E-state index in [2.05, 4.69) is 10.3 Å². The van der Waals surface area contributed by atoms with Crippen LogP contribution in [0, 0.1) is 10.1 Å². The highest BCUT2D eigenvalue weighted by Gasteiger charge is 2.53. The number of hydrogen-bond donors (Lipinski definition) is 0. The van der Waals surface area contributed by atoms with Gasteiger partial charge in [-0.2, -0.15) is 0 Å². The van der Waals surface area contributed by atoms with Crippen LogP contribution in [0.5, 0.6) is 0 Å². The summed E-state index contributed by atoms with van der Waals surface area (Å²) in [5.74, 6) is -1.96. The number of hydrogen-bond acceptors (Lipinski definition) is 10. The first kappa shape index (κ1) is 25.4. The summed E-state index contributed by atoms with van der Waals surface area (Å²) in [7, 11) is 0. The minimum atomic E-state index is -1.38. The largest absolute Gasteiger partial charge is 0.453 e. The molecule has 2 aromatic carbocycles. The maximum Gasteiger partial charge on any atom is 0.303 e. The first-order chi connectivity index (χ1) is 17.7. The number of esters is 2. The normalized spacial score (nSPS) is 19.0. The van der Waals surface area contributed by atoms with Crippen molar-refractivity contribution in [2.75, 3.05) is 0 Å². The van der Waals surface area contributed by atoms with Crippen LogP contribution in [0.3, 0.4) is 0 Å². The van der Waals surface area contributed by atoms with E-state index >= 15 is 0 Å². The molecule has 1 amide bonds. The second kappa shape index (κ2) is 11.0. The van der Waals surface area contributed by atoms with Gasteiger partial charge in [0.25, 0.3) is 11.6 Å². The number of non-ortho nitro benzene ring substituents is 1. The molecule has 0 bridgehead atoms. The van der Waals surface area contributed by atoms with Gasteiger partial charge < -0.3 is 19.1 Å². The zero-order chi connectivity index (χ0) is 26.5. The SMILES string of the molecule is CC(=O)O[C@@H]1C(=O)N(Cc2ccccc2)C(OCc2cn(-c3cccc([N+](=O)[O-])c3)nn2)[C@@H]1OC(C)=O. The molecule has 1 fully saturated rings. The summed E-state index contributed by atoms with van der Waals surface area (Å²) in [6.45, 7) is 2.29. The number of carbonyl (C=O) groups is 3. The van der Waals surface area contributed by atoms with E-state index in [9.17, 15) is 24.5 Å². The van der Waals surface area contributed by atoms with Crippen molar-refractivity contribution in [1.29, 1.82) is 0 Å². The molecule has 1 aliphatic heterocycles. The lowest BCUT2D eigenvalue weighted by Gasteiger charge is -2.27. The maximum absolute atomic E-state index is 13.2. The Kier molecular flexibility index (Phi) is 7.53. The van der Waals surface area contributed by atoms with Gasteiger partial charge in [0.1, 0.15) is 5.69 Å². The molecule has 1 aliphatic rings. The molecule has 0 spiro atoms. The molecule has 0 radical (unpaired) electrons. The summed E-state index contributed by atoms with van der Waals surface area (Å²) in [5, 5.41) is 19.1. The molecule has 0 N–H and O–H groups in total. The van der Waals surface area contributed by atoms with E-state index in [1.165, 1.54) is 40.9 Å². The molecule has 0 saturated carbocycles. The number of nitrogens with zero attached hydrogens (tertiary/aromatic N) is 5. The summed E-state index contributed by atoms with van der Waals surface area (Å²) in [6.07, 6.45) is -2.18. The fraction of sp³-hybridized carbons (Fsp3) is 0.292. The second-order valence-corrected chi connectivity index (χ2v) is 8.19. The van der Waals surface area contributed by atoms with Gasteiger partial charge in [-0.3, -0.25) is 24.5 Å². The number of nitro groups is 1. The van der Waals surface area contributed by atoms with Crippen LogP contribution >= 0.6 is 0 Å². The highest BCUT2D eigenvalue weighted by Crippen LogP contribution is 2.29. The Bertz CT molecular complexity index is 1310. The van der Waals surface area contributed by atoms with Gasteiger partial charge in [0, 0.05) is 32.5 Å². The zero-order valence-electron chi connectivity index (χ0n) is 19.9. The van der Waals surface area contributed by atoms with Crippen LogP contribution in [0.4, 0.5) is 5.69 Å². The first-order valence-corrected chi connectivity index (χ1v) is 11.2. The number of amides is 1. The highest BCUT2D eigenvalue weighted by atomic mass is 16.6. The van der Waals surface area contributed by atoms with Gasteiger partial charge in [-0.15, -0.1) is 5.10 Å². The Labute approximate surface area is 210 Å². The van der Waals surface area contributed by atoms with Gasteiger partial charge in [-0.25, -0.2) is 4.68 Å². The van der Waals surface area contributed by atoms with Gasteiger partial charge >= 0.3 is 11.9 Å². The van der Waals surface area contributed by atoms with Gasteiger partial charge in [0.05, 0.1) is 23.4 Å². The topological polar surface area (TPSA) is 156 Å². The van der Waals surface area contributed by atoms with Gasteiger partial charge in [0.15, 0.2) is 12.3 Å². The van der Waals surface area contributed by atoms with Crippen LogP contribution in [0.25, 0.3) is 5.69 Å². The minimum Gasteiger partial charge on any atom is -0.453 e. The Morgan fingerprint density at radius 1 is 1.05 bits per heavy atom. The molecule has 192 valence electrons. The Hall–Kier alpha value is -4.65. The number of benzene rings is 2. The fourth-order valence-electron chi connectivity index (χ4n) is 3.91. The van der Waals surface area contributed by atoms with Gasteiger partial charge in [0.2, 0.25) is 6.10 Å². The van der Waals surface area contributed by atoms with Crippen molar-refractivity contribution >= 4 is 23.5 Å². The third-order valence-corrected chi connectivity index (χ3v) is 5.45. The van der Waals surface area contributed by atoms with Crippen molar-refractivity contribution < 1.29 is 33.5 Å². The Morgan fingerprint density at radius 2 is 1.78 bits per heavy atom. The van der Waals surface area contributed by atoms with Crippen LogP contribution in [0.2, 0.25) is 0 Å². The summed E-state index contributed by atoms with van der Waals surface area (Å²) in [6, 6.07) is 14.9. The average molecular weight is 509 g/mol. The van der Waals surface area contributed by atoms with E-state index in [-0.39, 0.29) is 18.8 Å². The van der Waals surface area contributed by atoms with Crippen LogP contribution in [0.15, 0.2) is 60.8 Å². The summed E-state index contributed by atoms with van der Waals surface area (Å²) >= 11 is 0. The summed E-state index contributed by atoms with van der Waals surface area (Å²) < 4.78 is 17.9. The standard InChI is InChI=1S/C24H23N5O8/c1-15(30)36-21-22(37-16(2)31)24(27(23(21)32)12-17-7-4-3-5-8-17)35-14-18-13-28(26-25-18)19-9-6-10-20(11-19)29(33)34/h3-11,13,21-22,24H,12,14H2,1-2H3/t21-,22+,24?/m0/s1. The van der Waals surface area contributed by atoms with Crippen molar-refractivity contribution in [2.45, 2.75) is 45.4 Å². The van der Waals surface area contributed by atoms with Crippen LogP contribution in [0.1, 0.15) is 25.1 Å². The van der Waals surface area contributed by atoms with Crippen LogP contribution < -0.4 is 0 Å². The predicted octanol–water partition coefficient (Wildman–Crippen LogP) is 1.92. The molecule has 13 heteroatoms. The molecule has 4 rings (SSSR count). The highest BCUT2D eigenvalue weighted by molar-refractivity contribution is 5.87. The molecule has 3 atom stereocenters. The first-order valence-electron chi connectivity index (χ1n) is 11.2. The van der Waals surface area contributed by atoms with E-state index in [1.807, 2.05) is 30.3 Å². The monoisotopic (exact) mass is 509 g/mol. The van der Waals surface area contributed by atoms with Crippen LogP contribution in [-0.2, 0) is 41.7 Å². The number of nitro benzene ring substituents is 1. The molecule has 0 aliphatic carbocycles. The van der Waals surface area contributed by atoms with E-state index in [0.29, 0.717) is 11.4 Å². The molecule has 3 aromatic rings. The Morgan fingerprint density at radius 3 is 2.46 bits per heavy atom. The summed E-state index contributed by atoms with van der Waals surface area (Å²) in [4.78, 5) is 48.6. The fourth-order valence-corrected chi connectivity index (χ4v) is 3.91. The summed E-state index contributed by atoms with van der Waals surface area (Å²) in [5.41, 5.74) is 1.44. The number of ether oxygens (including phenoxy) is 3. The zero-order valence-corrected chi connectivity index (χ0v) is 19.9. The van der Waals surface area contributed by atoms with Gasteiger partial charge in [-0.1, -0.05) is 41.6 Å². The van der Waals surface area contributed by atoms with Gasteiger partial charge in [-0.05, 0) is 11.6 Å². The molecule has 37 heavy (non-hydrogen) atoms. The molecule has 13 nitrogen and oxygen atoms in total. The molecule has 1 saturated heterocycles. The lowest BCUT2D eigenvalue weighted by molar-refractivity contribution is -0.384. The molecule has 2 heterocycles. The van der Waals surface area contributed by atoms with Crippen LogP contribution in [-0.4, -0.2) is 61.1 Å². The molecular formula is C24H23N5O8. The van der Waals surface area contributed by atoms with E-state index in [0.717, 1.165) is 12.5 Å². The lowest BCUT2D eigenvalue weighted by atomic mass is 10.2. The number of rotatable bonds is 9. The Balaban J connectivity index is 1.58. The molecule has 1 unspecified atom stereocenters. The van der Waals surface area contributed by atoms with E-state index in [1.54, 1.807) is 6.07 Å². The quantitative estimate of drug-likeness (QED) is 0.237.